The van der Waals surface area contributed by atoms with E-state index in [4.69, 9.17) is 11.6 Å². The standard InChI is InChI=1S/C24H31ClN2O2S/c1-4-15-26-24(29)19(3)27(17-20-9-7-18(2)8-10-20)23(28)6-5-16-30-22-13-11-21(25)12-14-22/h7-14,19H,4-6,15-17H2,1-3H3,(H,26,29). The molecule has 2 rings (SSSR count). The maximum atomic E-state index is 13.0. The van der Waals surface area contributed by atoms with E-state index >= 15 is 0 Å². The molecule has 4 nitrogen and oxygen atoms in total. The number of hydrogen-bond donors (Lipinski definition) is 1. The Hall–Kier alpha value is -1.98. The Morgan fingerprint density at radius 2 is 1.77 bits per heavy atom. The molecule has 30 heavy (non-hydrogen) atoms. The summed E-state index contributed by atoms with van der Waals surface area (Å²) in [6, 6.07) is 15.3. The fourth-order valence-electron chi connectivity index (χ4n) is 2.96. The molecular weight excluding hydrogens is 416 g/mol. The van der Waals surface area contributed by atoms with Crippen molar-refractivity contribution < 1.29 is 9.59 Å². The predicted molar refractivity (Wildman–Crippen MR) is 126 cm³/mol. The number of nitrogens with one attached hydrogen (secondary N) is 1. The number of halogens is 1. The largest absolute Gasteiger partial charge is 0.354 e. The summed E-state index contributed by atoms with van der Waals surface area (Å²) in [5, 5.41) is 3.63. The first kappa shape index (κ1) is 24.3. The van der Waals surface area contributed by atoms with Crippen molar-refractivity contribution in [2.75, 3.05) is 12.3 Å². The van der Waals surface area contributed by atoms with Crippen LogP contribution >= 0.6 is 23.4 Å². The third-order valence-electron chi connectivity index (χ3n) is 4.81. The molecule has 1 unspecified atom stereocenters. The van der Waals surface area contributed by atoms with Gasteiger partial charge in [-0.15, -0.1) is 11.8 Å². The van der Waals surface area contributed by atoms with E-state index in [-0.39, 0.29) is 11.8 Å². The minimum absolute atomic E-state index is 0.00595. The summed E-state index contributed by atoms with van der Waals surface area (Å²) >= 11 is 7.62. The van der Waals surface area contributed by atoms with Crippen molar-refractivity contribution in [3.63, 3.8) is 0 Å². The molecule has 1 atom stereocenters. The van der Waals surface area contributed by atoms with Crippen molar-refractivity contribution in [1.29, 1.82) is 0 Å². The molecule has 2 amide bonds. The first-order valence-electron chi connectivity index (χ1n) is 10.4. The maximum absolute atomic E-state index is 13.0. The van der Waals surface area contributed by atoms with Crippen LogP contribution in [0.3, 0.4) is 0 Å². The Kier molecular flexibility index (Phi) is 10.2. The Morgan fingerprint density at radius 1 is 1.10 bits per heavy atom. The molecule has 0 saturated carbocycles. The van der Waals surface area contributed by atoms with Crippen molar-refractivity contribution in [2.45, 2.75) is 57.5 Å². The number of nitrogens with zero attached hydrogens (tertiary/aromatic N) is 1. The number of carbonyl (C=O) groups is 2. The second-order valence-electron chi connectivity index (χ2n) is 7.38. The zero-order valence-corrected chi connectivity index (χ0v) is 19.6. The number of carbonyl (C=O) groups excluding carboxylic acids is 2. The predicted octanol–water partition coefficient (Wildman–Crippen LogP) is 5.46. The molecule has 1 N–H and O–H groups in total. The van der Waals surface area contributed by atoms with E-state index in [1.807, 2.05) is 62.4 Å². The average Bonchev–Trinajstić information content (AvgIpc) is 2.75. The summed E-state index contributed by atoms with van der Waals surface area (Å²) in [5.74, 6) is 0.738. The minimum atomic E-state index is -0.505. The number of benzene rings is 2. The smallest absolute Gasteiger partial charge is 0.242 e. The van der Waals surface area contributed by atoms with Crippen LogP contribution in [0.15, 0.2) is 53.4 Å². The summed E-state index contributed by atoms with van der Waals surface area (Å²) < 4.78 is 0. The van der Waals surface area contributed by atoms with Crippen LogP contribution in [0.2, 0.25) is 5.02 Å². The molecule has 0 aliphatic rings. The highest BCUT2D eigenvalue weighted by atomic mass is 35.5. The van der Waals surface area contributed by atoms with Crippen LogP contribution in [-0.2, 0) is 16.1 Å². The first-order valence-corrected chi connectivity index (χ1v) is 11.8. The molecule has 0 fully saturated rings. The second kappa shape index (κ2) is 12.7. The van der Waals surface area contributed by atoms with Gasteiger partial charge < -0.3 is 10.2 Å². The zero-order valence-electron chi connectivity index (χ0n) is 18.0. The molecule has 0 aliphatic heterocycles. The van der Waals surface area contributed by atoms with E-state index in [0.29, 0.717) is 19.5 Å². The van der Waals surface area contributed by atoms with Crippen LogP contribution in [0.1, 0.15) is 44.2 Å². The fraction of sp³-hybridized carbons (Fsp3) is 0.417. The maximum Gasteiger partial charge on any atom is 0.242 e. The summed E-state index contributed by atoms with van der Waals surface area (Å²) in [6.45, 7) is 6.90. The SMILES string of the molecule is CCCNC(=O)C(C)N(Cc1ccc(C)cc1)C(=O)CCCSc1ccc(Cl)cc1. The summed E-state index contributed by atoms with van der Waals surface area (Å²) in [7, 11) is 0. The average molecular weight is 447 g/mol. The van der Waals surface area contributed by atoms with Gasteiger partial charge in [0.25, 0.3) is 0 Å². The third-order valence-corrected chi connectivity index (χ3v) is 6.16. The van der Waals surface area contributed by atoms with Crippen molar-refractivity contribution in [3.05, 3.63) is 64.7 Å². The van der Waals surface area contributed by atoms with E-state index < -0.39 is 6.04 Å². The van der Waals surface area contributed by atoms with Crippen LogP contribution in [-0.4, -0.2) is 35.1 Å². The van der Waals surface area contributed by atoms with Gasteiger partial charge in [-0.1, -0.05) is 48.4 Å². The summed E-state index contributed by atoms with van der Waals surface area (Å²) in [4.78, 5) is 28.4. The van der Waals surface area contributed by atoms with Crippen molar-refractivity contribution in [3.8, 4) is 0 Å². The van der Waals surface area contributed by atoms with E-state index in [1.165, 1.54) is 5.56 Å². The highest BCUT2D eigenvalue weighted by Crippen LogP contribution is 2.22. The van der Waals surface area contributed by atoms with Gasteiger partial charge in [0.2, 0.25) is 11.8 Å². The molecular formula is C24H31ClN2O2S. The number of rotatable bonds is 11. The normalized spacial score (nSPS) is 11.7. The second-order valence-corrected chi connectivity index (χ2v) is 8.98. The molecule has 2 aromatic carbocycles. The lowest BCUT2D eigenvalue weighted by atomic mass is 10.1. The zero-order chi connectivity index (χ0) is 21.9. The van der Waals surface area contributed by atoms with Crippen LogP contribution in [0.5, 0.6) is 0 Å². The quantitative estimate of drug-likeness (QED) is 0.368. The van der Waals surface area contributed by atoms with Gasteiger partial charge in [-0.3, -0.25) is 9.59 Å². The van der Waals surface area contributed by atoms with Crippen LogP contribution in [0.25, 0.3) is 0 Å². The van der Waals surface area contributed by atoms with Gasteiger partial charge in [0.15, 0.2) is 0 Å². The molecule has 0 aliphatic carbocycles. The van der Waals surface area contributed by atoms with Gasteiger partial charge in [-0.25, -0.2) is 0 Å². The fourth-order valence-corrected chi connectivity index (χ4v) is 3.94. The lowest BCUT2D eigenvalue weighted by Crippen LogP contribution is -2.47. The van der Waals surface area contributed by atoms with E-state index in [2.05, 4.69) is 5.32 Å². The van der Waals surface area contributed by atoms with Gasteiger partial charge in [0, 0.05) is 29.4 Å². The van der Waals surface area contributed by atoms with E-state index in [0.717, 1.165) is 34.1 Å². The van der Waals surface area contributed by atoms with Gasteiger partial charge >= 0.3 is 0 Å². The Bertz CT molecular complexity index is 809. The molecule has 0 heterocycles. The lowest BCUT2D eigenvalue weighted by Gasteiger charge is -2.29. The number of aryl methyl sites for hydroxylation is 1. The molecule has 0 radical (unpaired) electrons. The number of thioether (sulfide) groups is 1. The van der Waals surface area contributed by atoms with Crippen LogP contribution < -0.4 is 5.32 Å². The Labute approximate surface area is 189 Å². The Balaban J connectivity index is 1.96. The lowest BCUT2D eigenvalue weighted by molar-refractivity contribution is -0.140. The molecule has 2 aromatic rings. The third kappa shape index (κ3) is 8.04. The summed E-state index contributed by atoms with van der Waals surface area (Å²) in [5.41, 5.74) is 2.20. The molecule has 162 valence electrons. The van der Waals surface area contributed by atoms with Gasteiger partial charge in [-0.05, 0) is 62.3 Å². The van der Waals surface area contributed by atoms with Crippen molar-refractivity contribution >= 4 is 35.2 Å². The van der Waals surface area contributed by atoms with Crippen molar-refractivity contribution in [2.24, 2.45) is 0 Å². The molecule has 0 aromatic heterocycles. The van der Waals surface area contributed by atoms with Crippen LogP contribution in [0, 0.1) is 6.92 Å². The highest BCUT2D eigenvalue weighted by molar-refractivity contribution is 7.99. The number of amides is 2. The molecule has 0 bridgehead atoms. The molecule has 0 saturated heterocycles. The summed E-state index contributed by atoms with van der Waals surface area (Å²) in [6.07, 6.45) is 2.03. The minimum Gasteiger partial charge on any atom is -0.354 e. The van der Waals surface area contributed by atoms with Gasteiger partial charge in [-0.2, -0.15) is 0 Å². The monoisotopic (exact) mass is 446 g/mol. The van der Waals surface area contributed by atoms with Gasteiger partial charge in [0.05, 0.1) is 0 Å². The number of hydrogen-bond acceptors (Lipinski definition) is 3. The van der Waals surface area contributed by atoms with E-state index in [9.17, 15) is 9.59 Å². The Morgan fingerprint density at radius 3 is 2.40 bits per heavy atom. The van der Waals surface area contributed by atoms with Crippen molar-refractivity contribution in [1.82, 2.24) is 10.2 Å². The van der Waals surface area contributed by atoms with Crippen LogP contribution in [0.4, 0.5) is 0 Å². The van der Waals surface area contributed by atoms with E-state index in [1.54, 1.807) is 23.6 Å². The van der Waals surface area contributed by atoms with Gasteiger partial charge in [0.1, 0.15) is 6.04 Å². The highest BCUT2D eigenvalue weighted by Gasteiger charge is 2.25. The first-order chi connectivity index (χ1) is 14.4. The molecule has 0 spiro atoms. The molecule has 6 heteroatoms. The topological polar surface area (TPSA) is 49.4 Å².